The van der Waals surface area contributed by atoms with E-state index >= 15 is 0 Å². The third-order valence-corrected chi connectivity index (χ3v) is 5.04. The first-order valence-electron chi connectivity index (χ1n) is 8.45. The largest absolute Gasteiger partial charge is 0.495 e. The van der Waals surface area contributed by atoms with E-state index < -0.39 is 0 Å². The average Bonchev–Trinajstić information content (AvgIpc) is 3.25. The number of pyridine rings is 1. The lowest BCUT2D eigenvalue weighted by Gasteiger charge is -2.29. The second-order valence-electron chi connectivity index (χ2n) is 6.21. The van der Waals surface area contributed by atoms with E-state index in [9.17, 15) is 0 Å². The van der Waals surface area contributed by atoms with Crippen molar-refractivity contribution < 1.29 is 4.74 Å². The van der Waals surface area contributed by atoms with Crippen LogP contribution in [0.25, 0.3) is 0 Å². The van der Waals surface area contributed by atoms with Crippen molar-refractivity contribution in [1.82, 2.24) is 14.9 Å². The molecule has 1 N–H and O–H groups in total. The highest BCUT2D eigenvalue weighted by molar-refractivity contribution is 7.80. The molecule has 3 aromatic rings. The summed E-state index contributed by atoms with van der Waals surface area (Å²) in [6.07, 6.45) is 3.86. The maximum absolute atomic E-state index is 5.72. The molecule has 4 rings (SSSR count). The maximum Gasteiger partial charge on any atom is 0.174 e. The second-order valence-corrected chi connectivity index (χ2v) is 6.60. The fourth-order valence-corrected chi connectivity index (χ4v) is 3.86. The standard InChI is InChI=1S/C20H20N4OS/c1-23-13-7-10-16(23)19-18(14-8-5-6-12-21-14)22-20(26)24(19)15-9-3-4-11-17(15)25-2/h3-13,18-19H,1-2H3,(H,22,26)/t18-,19+/m0/s1. The van der Waals surface area contributed by atoms with E-state index in [-0.39, 0.29) is 12.1 Å². The van der Waals surface area contributed by atoms with Crippen molar-refractivity contribution in [3.8, 4) is 5.75 Å². The van der Waals surface area contributed by atoms with Gasteiger partial charge < -0.3 is 19.5 Å². The normalized spacial score (nSPS) is 19.5. The van der Waals surface area contributed by atoms with Crippen LogP contribution in [0.3, 0.4) is 0 Å². The van der Waals surface area contributed by atoms with Gasteiger partial charge in [0.2, 0.25) is 0 Å². The van der Waals surface area contributed by atoms with Crippen LogP contribution in [-0.4, -0.2) is 21.8 Å². The van der Waals surface area contributed by atoms with E-state index in [1.165, 1.54) is 0 Å². The molecule has 2 aromatic heterocycles. The van der Waals surface area contributed by atoms with Gasteiger partial charge in [-0.25, -0.2) is 0 Å². The number of nitrogens with one attached hydrogen (secondary N) is 1. The van der Waals surface area contributed by atoms with Gasteiger partial charge in [0.1, 0.15) is 11.8 Å². The molecule has 0 bridgehead atoms. The van der Waals surface area contributed by atoms with Crippen LogP contribution in [0, 0.1) is 0 Å². The zero-order valence-electron chi connectivity index (χ0n) is 14.7. The monoisotopic (exact) mass is 364 g/mol. The molecule has 1 saturated heterocycles. The van der Waals surface area contributed by atoms with Crippen LogP contribution in [-0.2, 0) is 7.05 Å². The van der Waals surface area contributed by atoms with Gasteiger partial charge in [-0.15, -0.1) is 0 Å². The molecule has 0 amide bonds. The number of hydrogen-bond acceptors (Lipinski definition) is 3. The number of rotatable bonds is 4. The van der Waals surface area contributed by atoms with Gasteiger partial charge in [0.25, 0.3) is 0 Å². The Kier molecular flexibility index (Phi) is 4.34. The molecule has 5 nitrogen and oxygen atoms in total. The summed E-state index contributed by atoms with van der Waals surface area (Å²) in [4.78, 5) is 6.69. The second kappa shape index (κ2) is 6.80. The molecule has 132 valence electrons. The Balaban J connectivity index is 1.87. The number of methoxy groups -OCH3 is 1. The number of para-hydroxylation sites is 2. The predicted octanol–water partition coefficient (Wildman–Crippen LogP) is 3.61. The summed E-state index contributed by atoms with van der Waals surface area (Å²) >= 11 is 5.72. The molecule has 1 fully saturated rings. The van der Waals surface area contributed by atoms with Crippen molar-refractivity contribution in [3.05, 3.63) is 78.4 Å². The number of thiocarbonyl (C=S) groups is 1. The molecule has 0 saturated carbocycles. The van der Waals surface area contributed by atoms with E-state index in [1.807, 2.05) is 68.0 Å². The fourth-order valence-electron chi connectivity index (χ4n) is 3.53. The van der Waals surface area contributed by atoms with E-state index in [4.69, 9.17) is 17.0 Å². The summed E-state index contributed by atoms with van der Waals surface area (Å²) in [5.41, 5.74) is 3.05. The number of aromatic nitrogens is 2. The number of nitrogens with zero attached hydrogens (tertiary/aromatic N) is 3. The SMILES string of the molecule is COc1ccccc1N1C(=S)N[C@@H](c2ccccn2)[C@H]1c1cccn1C. The molecule has 0 unspecified atom stereocenters. The van der Waals surface area contributed by atoms with Gasteiger partial charge in [-0.2, -0.15) is 0 Å². The molecule has 2 atom stereocenters. The van der Waals surface area contributed by atoms with Gasteiger partial charge in [0.15, 0.2) is 5.11 Å². The van der Waals surface area contributed by atoms with E-state index in [0.29, 0.717) is 5.11 Å². The summed E-state index contributed by atoms with van der Waals surface area (Å²) in [5, 5.41) is 4.12. The summed E-state index contributed by atoms with van der Waals surface area (Å²) in [7, 11) is 3.73. The minimum absolute atomic E-state index is 0.0336. The third kappa shape index (κ3) is 2.72. The maximum atomic E-state index is 5.72. The lowest BCUT2D eigenvalue weighted by molar-refractivity contribution is 0.414. The van der Waals surface area contributed by atoms with Gasteiger partial charge >= 0.3 is 0 Å². The molecule has 1 aliphatic rings. The highest BCUT2D eigenvalue weighted by Crippen LogP contribution is 2.44. The highest BCUT2D eigenvalue weighted by Gasteiger charge is 2.42. The Morgan fingerprint density at radius 3 is 2.58 bits per heavy atom. The van der Waals surface area contributed by atoms with Crippen LogP contribution in [0.5, 0.6) is 5.75 Å². The highest BCUT2D eigenvalue weighted by atomic mass is 32.1. The van der Waals surface area contributed by atoms with Crippen LogP contribution in [0.1, 0.15) is 23.5 Å². The van der Waals surface area contributed by atoms with Crippen LogP contribution in [0.15, 0.2) is 67.0 Å². The number of aryl methyl sites for hydroxylation is 1. The molecule has 6 heteroatoms. The van der Waals surface area contributed by atoms with Gasteiger partial charge in [-0.3, -0.25) is 4.98 Å². The lowest BCUT2D eigenvalue weighted by atomic mass is 10.0. The molecule has 3 heterocycles. The van der Waals surface area contributed by atoms with Crippen molar-refractivity contribution in [2.24, 2.45) is 7.05 Å². The van der Waals surface area contributed by atoms with Gasteiger partial charge in [0, 0.05) is 25.1 Å². The molecule has 0 aliphatic carbocycles. The fraction of sp³-hybridized carbons (Fsp3) is 0.200. The Hall–Kier alpha value is -2.86. The van der Waals surface area contributed by atoms with Crippen molar-refractivity contribution in [3.63, 3.8) is 0 Å². The first kappa shape index (κ1) is 16.6. The summed E-state index contributed by atoms with van der Waals surface area (Å²) in [6, 6.07) is 18.0. The van der Waals surface area contributed by atoms with Crippen molar-refractivity contribution in [2.45, 2.75) is 12.1 Å². The summed E-state index contributed by atoms with van der Waals surface area (Å²) in [6.45, 7) is 0. The van der Waals surface area contributed by atoms with E-state index in [1.54, 1.807) is 7.11 Å². The van der Waals surface area contributed by atoms with Crippen molar-refractivity contribution >= 4 is 23.0 Å². The number of anilines is 1. The smallest absolute Gasteiger partial charge is 0.174 e. The Bertz CT molecular complexity index is 924. The van der Waals surface area contributed by atoms with Crippen LogP contribution in [0.2, 0.25) is 0 Å². The van der Waals surface area contributed by atoms with E-state index in [0.717, 1.165) is 22.8 Å². The minimum atomic E-state index is -0.0535. The Morgan fingerprint density at radius 1 is 1.08 bits per heavy atom. The molecule has 0 spiro atoms. The molecular formula is C20H20N4OS. The Morgan fingerprint density at radius 2 is 1.88 bits per heavy atom. The Labute approximate surface area is 158 Å². The number of ether oxygens (including phenoxy) is 1. The minimum Gasteiger partial charge on any atom is -0.495 e. The zero-order chi connectivity index (χ0) is 18.1. The molecule has 1 aromatic carbocycles. The van der Waals surface area contributed by atoms with Gasteiger partial charge in [-0.05, 0) is 48.6 Å². The average molecular weight is 364 g/mol. The van der Waals surface area contributed by atoms with E-state index in [2.05, 4.69) is 25.8 Å². The third-order valence-electron chi connectivity index (χ3n) is 4.73. The molecular weight excluding hydrogens is 344 g/mol. The first-order chi connectivity index (χ1) is 12.7. The summed E-state index contributed by atoms with van der Waals surface area (Å²) in [5.74, 6) is 0.789. The van der Waals surface area contributed by atoms with Gasteiger partial charge in [-0.1, -0.05) is 18.2 Å². The van der Waals surface area contributed by atoms with Crippen LogP contribution in [0.4, 0.5) is 5.69 Å². The summed E-state index contributed by atoms with van der Waals surface area (Å²) < 4.78 is 7.72. The first-order valence-corrected chi connectivity index (χ1v) is 8.86. The topological polar surface area (TPSA) is 42.3 Å². The quantitative estimate of drug-likeness (QED) is 0.717. The lowest BCUT2D eigenvalue weighted by Crippen LogP contribution is -2.30. The molecule has 1 aliphatic heterocycles. The van der Waals surface area contributed by atoms with Crippen LogP contribution < -0.4 is 15.0 Å². The van der Waals surface area contributed by atoms with Gasteiger partial charge in [0.05, 0.1) is 24.5 Å². The number of hydrogen-bond donors (Lipinski definition) is 1. The predicted molar refractivity (Wildman–Crippen MR) is 106 cm³/mol. The zero-order valence-corrected chi connectivity index (χ0v) is 15.5. The number of benzene rings is 1. The molecule has 26 heavy (non-hydrogen) atoms. The van der Waals surface area contributed by atoms with Crippen molar-refractivity contribution in [2.75, 3.05) is 12.0 Å². The molecule has 0 radical (unpaired) electrons. The van der Waals surface area contributed by atoms with Crippen molar-refractivity contribution in [1.29, 1.82) is 0 Å². The van der Waals surface area contributed by atoms with Crippen LogP contribution >= 0.6 is 12.2 Å².